The number of thiazole rings is 1. The van der Waals surface area contributed by atoms with Crippen LogP contribution in [-0.4, -0.2) is 12.0 Å². The van der Waals surface area contributed by atoms with Gasteiger partial charge >= 0.3 is 0 Å². The van der Waals surface area contributed by atoms with E-state index in [9.17, 15) is 0 Å². The van der Waals surface area contributed by atoms with E-state index < -0.39 is 0 Å². The summed E-state index contributed by atoms with van der Waals surface area (Å²) < 4.78 is 0. The summed E-state index contributed by atoms with van der Waals surface area (Å²) in [6.45, 7) is 5.90. The fourth-order valence-corrected chi connectivity index (χ4v) is 3.64. The van der Waals surface area contributed by atoms with E-state index in [2.05, 4.69) is 42.6 Å². The summed E-state index contributed by atoms with van der Waals surface area (Å²) in [7, 11) is 2.09. The summed E-state index contributed by atoms with van der Waals surface area (Å²) in [5.41, 5.74) is 8.36. The van der Waals surface area contributed by atoms with Crippen molar-refractivity contribution >= 4 is 27.8 Å². The normalized spacial score (nSPS) is 12.6. The second-order valence-corrected chi connectivity index (χ2v) is 6.65. The highest BCUT2D eigenvalue weighted by atomic mass is 32.1. The topological polar surface area (TPSA) is 42.2 Å². The summed E-state index contributed by atoms with van der Waals surface area (Å²) >= 11 is 3.46. The van der Waals surface area contributed by atoms with Crippen molar-refractivity contribution in [2.45, 2.75) is 39.3 Å². The Balaban J connectivity index is 2.18. The molecule has 0 aliphatic heterocycles. The van der Waals surface area contributed by atoms with Gasteiger partial charge in [-0.2, -0.15) is 11.3 Å². The van der Waals surface area contributed by atoms with E-state index in [-0.39, 0.29) is 0 Å². The van der Waals surface area contributed by atoms with Crippen LogP contribution in [0.3, 0.4) is 0 Å². The molecule has 0 spiro atoms. The zero-order valence-corrected chi connectivity index (χ0v) is 13.4. The molecule has 0 aliphatic carbocycles. The average molecular weight is 295 g/mol. The molecule has 3 nitrogen and oxygen atoms in total. The Morgan fingerprint density at radius 2 is 2.26 bits per heavy atom. The molecule has 0 amide bonds. The molecule has 0 saturated heterocycles. The zero-order valence-electron chi connectivity index (χ0n) is 11.7. The standard InChI is InChI=1S/C14H21N3S2/c1-4-10(2)13-12(7-15)19-14(16-13)17(3)8-11-5-6-18-9-11/h5-6,9-10H,4,7-8,15H2,1-3H3. The van der Waals surface area contributed by atoms with E-state index in [0.717, 1.165) is 18.1 Å². The van der Waals surface area contributed by atoms with Crippen LogP contribution in [0.25, 0.3) is 0 Å². The van der Waals surface area contributed by atoms with Gasteiger partial charge in [0.2, 0.25) is 0 Å². The Hall–Kier alpha value is -0.910. The summed E-state index contributed by atoms with van der Waals surface area (Å²) in [5.74, 6) is 0.484. The van der Waals surface area contributed by atoms with Gasteiger partial charge in [0.05, 0.1) is 5.69 Å². The highest BCUT2D eigenvalue weighted by molar-refractivity contribution is 7.15. The molecule has 0 bridgehead atoms. The number of hydrogen-bond acceptors (Lipinski definition) is 5. The maximum absolute atomic E-state index is 5.85. The van der Waals surface area contributed by atoms with Crippen LogP contribution in [0.1, 0.15) is 42.3 Å². The lowest BCUT2D eigenvalue weighted by molar-refractivity contribution is 0.702. The van der Waals surface area contributed by atoms with Crippen molar-refractivity contribution in [1.82, 2.24) is 4.98 Å². The minimum absolute atomic E-state index is 0.484. The highest BCUT2D eigenvalue weighted by Crippen LogP contribution is 2.32. The third-order valence-corrected chi connectivity index (χ3v) is 5.25. The smallest absolute Gasteiger partial charge is 0.185 e. The van der Waals surface area contributed by atoms with Crippen LogP contribution in [0.2, 0.25) is 0 Å². The molecular formula is C14H21N3S2. The average Bonchev–Trinajstić information content (AvgIpc) is 3.06. The predicted octanol–water partition coefficient (Wildman–Crippen LogP) is 3.81. The van der Waals surface area contributed by atoms with Crippen molar-refractivity contribution < 1.29 is 0 Å². The van der Waals surface area contributed by atoms with Crippen molar-refractivity contribution in [3.05, 3.63) is 33.0 Å². The third kappa shape index (κ3) is 3.35. The lowest BCUT2D eigenvalue weighted by atomic mass is 10.0. The van der Waals surface area contributed by atoms with Gasteiger partial charge in [0.1, 0.15) is 0 Å². The predicted molar refractivity (Wildman–Crippen MR) is 85.1 cm³/mol. The molecule has 0 fully saturated rings. The Bertz CT molecular complexity index is 505. The molecule has 1 atom stereocenters. The van der Waals surface area contributed by atoms with E-state index in [1.54, 1.807) is 22.7 Å². The molecule has 0 aliphatic rings. The highest BCUT2D eigenvalue weighted by Gasteiger charge is 2.17. The van der Waals surface area contributed by atoms with Gasteiger partial charge in [-0.3, -0.25) is 0 Å². The Labute approximate surface area is 123 Å². The van der Waals surface area contributed by atoms with Crippen LogP contribution >= 0.6 is 22.7 Å². The van der Waals surface area contributed by atoms with Crippen LogP contribution in [0, 0.1) is 0 Å². The summed E-state index contributed by atoms with van der Waals surface area (Å²) in [5, 5.41) is 5.37. The van der Waals surface area contributed by atoms with E-state index >= 15 is 0 Å². The monoisotopic (exact) mass is 295 g/mol. The molecule has 2 rings (SSSR count). The minimum Gasteiger partial charge on any atom is -0.347 e. The molecule has 2 aromatic heterocycles. The van der Waals surface area contributed by atoms with Gasteiger partial charge in [-0.05, 0) is 34.7 Å². The fourth-order valence-electron chi connectivity index (χ4n) is 1.96. The molecule has 2 heterocycles. The van der Waals surface area contributed by atoms with Gasteiger partial charge in [-0.1, -0.05) is 13.8 Å². The third-order valence-electron chi connectivity index (χ3n) is 3.31. The fraction of sp³-hybridized carbons (Fsp3) is 0.500. The molecular weight excluding hydrogens is 274 g/mol. The van der Waals surface area contributed by atoms with Gasteiger partial charge in [-0.25, -0.2) is 4.98 Å². The van der Waals surface area contributed by atoms with Gasteiger partial charge < -0.3 is 10.6 Å². The van der Waals surface area contributed by atoms with Gasteiger partial charge in [0.25, 0.3) is 0 Å². The first-order chi connectivity index (χ1) is 9.15. The van der Waals surface area contributed by atoms with Gasteiger partial charge in [-0.15, -0.1) is 11.3 Å². The number of anilines is 1. The molecule has 1 unspecified atom stereocenters. The molecule has 104 valence electrons. The van der Waals surface area contributed by atoms with Crippen LogP contribution in [0.15, 0.2) is 16.8 Å². The second-order valence-electron chi connectivity index (χ2n) is 4.81. The second kappa shape index (κ2) is 6.50. The molecule has 0 aromatic carbocycles. The van der Waals surface area contributed by atoms with Crippen molar-refractivity contribution in [3.8, 4) is 0 Å². The largest absolute Gasteiger partial charge is 0.347 e. The van der Waals surface area contributed by atoms with Crippen molar-refractivity contribution in [2.24, 2.45) is 5.73 Å². The maximum atomic E-state index is 5.85. The Kier molecular flexibility index (Phi) is 4.96. The Morgan fingerprint density at radius 3 is 2.84 bits per heavy atom. The number of nitrogens with zero attached hydrogens (tertiary/aromatic N) is 2. The lowest BCUT2D eigenvalue weighted by Crippen LogP contribution is -2.15. The summed E-state index contributed by atoms with van der Waals surface area (Å²) in [6.07, 6.45) is 1.10. The number of rotatable bonds is 6. The van der Waals surface area contributed by atoms with E-state index in [0.29, 0.717) is 12.5 Å². The zero-order chi connectivity index (χ0) is 13.8. The molecule has 2 aromatic rings. The number of aromatic nitrogens is 1. The summed E-state index contributed by atoms with van der Waals surface area (Å²) in [6, 6.07) is 2.16. The van der Waals surface area contributed by atoms with Crippen molar-refractivity contribution in [1.29, 1.82) is 0 Å². The quantitative estimate of drug-likeness (QED) is 0.881. The van der Waals surface area contributed by atoms with Crippen LogP contribution < -0.4 is 10.6 Å². The molecule has 0 radical (unpaired) electrons. The van der Waals surface area contributed by atoms with Crippen molar-refractivity contribution in [2.75, 3.05) is 11.9 Å². The first kappa shape index (κ1) is 14.5. The van der Waals surface area contributed by atoms with Crippen LogP contribution in [-0.2, 0) is 13.1 Å². The molecule has 19 heavy (non-hydrogen) atoms. The minimum atomic E-state index is 0.484. The number of hydrogen-bond donors (Lipinski definition) is 1. The maximum Gasteiger partial charge on any atom is 0.185 e. The molecule has 0 saturated carbocycles. The first-order valence-corrected chi connectivity index (χ1v) is 8.33. The SMILES string of the molecule is CCC(C)c1nc(N(C)Cc2ccsc2)sc1CN. The molecule has 5 heteroatoms. The first-order valence-electron chi connectivity index (χ1n) is 6.57. The number of nitrogens with two attached hydrogens (primary N) is 1. The lowest BCUT2D eigenvalue weighted by Gasteiger charge is -2.14. The van der Waals surface area contributed by atoms with E-state index in [4.69, 9.17) is 10.7 Å². The molecule has 2 N–H and O–H groups in total. The van der Waals surface area contributed by atoms with Crippen molar-refractivity contribution in [3.63, 3.8) is 0 Å². The van der Waals surface area contributed by atoms with E-state index in [1.807, 2.05) is 0 Å². The van der Waals surface area contributed by atoms with E-state index in [1.165, 1.54) is 16.1 Å². The Morgan fingerprint density at radius 1 is 1.47 bits per heavy atom. The number of thiophene rings is 1. The summed E-state index contributed by atoms with van der Waals surface area (Å²) in [4.78, 5) is 8.23. The van der Waals surface area contributed by atoms with Crippen LogP contribution in [0.5, 0.6) is 0 Å². The van der Waals surface area contributed by atoms with Crippen LogP contribution in [0.4, 0.5) is 5.13 Å². The van der Waals surface area contributed by atoms with Gasteiger partial charge in [0.15, 0.2) is 5.13 Å². The van der Waals surface area contributed by atoms with Gasteiger partial charge in [0, 0.05) is 25.0 Å².